The van der Waals surface area contributed by atoms with E-state index < -0.39 is 11.9 Å². The molecule has 1 unspecified atom stereocenters. The predicted molar refractivity (Wildman–Crippen MR) is 94.4 cm³/mol. The Hall–Kier alpha value is -2.70. The Morgan fingerprint density at radius 3 is 2.88 bits per heavy atom. The fraction of sp³-hybridized carbons (Fsp3) is 0.421. The number of aromatic nitrogens is 2. The summed E-state index contributed by atoms with van der Waals surface area (Å²) in [5.74, 6) is -0.0745. The van der Waals surface area contributed by atoms with Crippen molar-refractivity contribution in [2.45, 2.75) is 44.7 Å². The highest BCUT2D eigenvalue weighted by Crippen LogP contribution is 2.24. The third-order valence-corrected chi connectivity index (χ3v) is 5.09. The fourth-order valence-electron chi connectivity index (χ4n) is 3.75. The van der Waals surface area contributed by atoms with Gasteiger partial charge in [0.15, 0.2) is 0 Å². The van der Waals surface area contributed by atoms with E-state index in [1.807, 2.05) is 4.57 Å². The molecule has 136 valence electrons. The van der Waals surface area contributed by atoms with Crippen LogP contribution in [0.25, 0.3) is 0 Å². The summed E-state index contributed by atoms with van der Waals surface area (Å²) in [4.78, 5) is 31.2. The van der Waals surface area contributed by atoms with Gasteiger partial charge in [-0.25, -0.2) is 9.37 Å². The van der Waals surface area contributed by atoms with Crippen LogP contribution in [0.5, 0.6) is 0 Å². The number of nitrogens with zero attached hydrogens (tertiary/aromatic N) is 3. The normalized spacial score (nSPS) is 20.0. The Balaban J connectivity index is 1.51. The highest BCUT2D eigenvalue weighted by molar-refractivity contribution is 6.02. The number of imidazole rings is 1. The van der Waals surface area contributed by atoms with Gasteiger partial charge in [-0.1, -0.05) is 12.1 Å². The molecule has 0 aliphatic carbocycles. The van der Waals surface area contributed by atoms with Crippen LogP contribution in [-0.4, -0.2) is 34.0 Å². The summed E-state index contributed by atoms with van der Waals surface area (Å²) < 4.78 is 16.0. The number of nitrogens with one attached hydrogen (secondary N) is 1. The number of carbonyl (C=O) groups excluding carboxylic acids is 2. The lowest BCUT2D eigenvalue weighted by Gasteiger charge is -2.32. The molecule has 1 saturated heterocycles. The largest absolute Gasteiger partial charge is 0.339 e. The second-order valence-electron chi connectivity index (χ2n) is 6.78. The molecule has 2 aliphatic rings. The average molecular weight is 356 g/mol. The Morgan fingerprint density at radius 2 is 2.04 bits per heavy atom. The van der Waals surface area contributed by atoms with Crippen LogP contribution >= 0.6 is 0 Å². The average Bonchev–Trinajstić information content (AvgIpc) is 3.08. The van der Waals surface area contributed by atoms with Gasteiger partial charge in [-0.15, -0.1) is 0 Å². The molecule has 2 aliphatic heterocycles. The van der Waals surface area contributed by atoms with Gasteiger partial charge in [0.25, 0.3) is 5.91 Å². The molecule has 0 radical (unpaired) electrons. The smallest absolute Gasteiger partial charge is 0.270 e. The molecule has 0 saturated carbocycles. The first kappa shape index (κ1) is 16.8. The summed E-state index contributed by atoms with van der Waals surface area (Å²) >= 11 is 0. The predicted octanol–water partition coefficient (Wildman–Crippen LogP) is 2.28. The van der Waals surface area contributed by atoms with Crippen molar-refractivity contribution in [3.63, 3.8) is 0 Å². The van der Waals surface area contributed by atoms with E-state index in [4.69, 9.17) is 0 Å². The number of aryl methyl sites for hydroxylation is 1. The lowest BCUT2D eigenvalue weighted by molar-refractivity contribution is -0.121. The fourth-order valence-corrected chi connectivity index (χ4v) is 3.75. The lowest BCUT2D eigenvalue weighted by atomic mass is 10.0. The number of hydrogen-bond donors (Lipinski definition) is 1. The summed E-state index contributed by atoms with van der Waals surface area (Å²) in [7, 11) is 0. The molecule has 1 aromatic carbocycles. The first-order valence-electron chi connectivity index (χ1n) is 9.06. The van der Waals surface area contributed by atoms with Crippen LogP contribution in [-0.2, 0) is 17.8 Å². The molecule has 4 rings (SSSR count). The second kappa shape index (κ2) is 6.90. The van der Waals surface area contributed by atoms with Crippen LogP contribution in [0.2, 0.25) is 0 Å². The summed E-state index contributed by atoms with van der Waals surface area (Å²) in [6, 6.07) is 5.57. The Morgan fingerprint density at radius 1 is 1.19 bits per heavy atom. The summed E-state index contributed by atoms with van der Waals surface area (Å²) in [5.41, 5.74) is 0.758. The van der Waals surface area contributed by atoms with Crippen molar-refractivity contribution in [1.29, 1.82) is 0 Å². The molecule has 2 amide bonds. The van der Waals surface area contributed by atoms with Crippen LogP contribution in [0, 0.1) is 5.82 Å². The van der Waals surface area contributed by atoms with Crippen LogP contribution < -0.4 is 10.2 Å². The molecule has 7 heteroatoms. The molecule has 6 nitrogen and oxygen atoms in total. The minimum absolute atomic E-state index is 0.262. The molecule has 2 aromatic rings. The summed E-state index contributed by atoms with van der Waals surface area (Å²) in [6.45, 7) is 1.23. The zero-order valence-corrected chi connectivity index (χ0v) is 14.4. The maximum atomic E-state index is 14.1. The Bertz CT molecular complexity index is 848. The van der Waals surface area contributed by atoms with E-state index in [0.717, 1.165) is 31.6 Å². The van der Waals surface area contributed by atoms with Crippen LogP contribution in [0.15, 0.2) is 30.5 Å². The van der Waals surface area contributed by atoms with Gasteiger partial charge in [0.1, 0.15) is 23.4 Å². The SMILES string of the molecule is O=C(NC1CCCN(c2ccccc2F)C1=O)c1cnc2n1CCCC2. The molecule has 1 fully saturated rings. The number of benzene rings is 1. The third kappa shape index (κ3) is 2.98. The first-order chi connectivity index (χ1) is 12.6. The van der Waals surface area contributed by atoms with E-state index in [2.05, 4.69) is 10.3 Å². The number of carbonyl (C=O) groups is 2. The number of piperidine rings is 1. The number of halogens is 1. The minimum Gasteiger partial charge on any atom is -0.339 e. The minimum atomic E-state index is -0.648. The van der Waals surface area contributed by atoms with Crippen molar-refractivity contribution < 1.29 is 14.0 Å². The van der Waals surface area contributed by atoms with Crippen molar-refractivity contribution in [3.8, 4) is 0 Å². The van der Waals surface area contributed by atoms with Crippen molar-refractivity contribution >= 4 is 17.5 Å². The number of anilines is 1. The topological polar surface area (TPSA) is 67.2 Å². The molecular weight excluding hydrogens is 335 g/mol. The van der Waals surface area contributed by atoms with Crippen LogP contribution in [0.3, 0.4) is 0 Å². The second-order valence-corrected chi connectivity index (χ2v) is 6.78. The highest BCUT2D eigenvalue weighted by Gasteiger charge is 2.33. The highest BCUT2D eigenvalue weighted by atomic mass is 19.1. The van der Waals surface area contributed by atoms with E-state index in [1.54, 1.807) is 24.4 Å². The summed E-state index contributed by atoms with van der Waals surface area (Å²) in [5, 5.41) is 2.83. The van der Waals surface area contributed by atoms with Gasteiger partial charge in [-0.05, 0) is 37.8 Å². The standard InChI is InChI=1S/C19H21FN4O2/c20-13-6-1-2-8-15(13)24-11-5-7-14(19(24)26)22-18(25)16-12-21-17-9-3-4-10-23(16)17/h1-2,6,8,12,14H,3-5,7,9-11H2,(H,22,25). The molecular formula is C19H21FN4O2. The molecule has 0 bridgehead atoms. The van der Waals surface area contributed by atoms with Gasteiger partial charge in [0, 0.05) is 19.5 Å². The molecule has 1 atom stereocenters. The maximum Gasteiger partial charge on any atom is 0.270 e. The first-order valence-corrected chi connectivity index (χ1v) is 9.06. The quantitative estimate of drug-likeness (QED) is 0.917. The van der Waals surface area contributed by atoms with Gasteiger partial charge in [0.2, 0.25) is 5.91 Å². The van der Waals surface area contributed by atoms with Crippen molar-refractivity contribution in [2.24, 2.45) is 0 Å². The van der Waals surface area contributed by atoms with E-state index in [-0.39, 0.29) is 17.5 Å². The van der Waals surface area contributed by atoms with Gasteiger partial charge >= 0.3 is 0 Å². The molecule has 1 N–H and O–H groups in total. The van der Waals surface area contributed by atoms with Crippen LogP contribution in [0.4, 0.5) is 10.1 Å². The molecule has 26 heavy (non-hydrogen) atoms. The maximum absolute atomic E-state index is 14.1. The third-order valence-electron chi connectivity index (χ3n) is 5.09. The van der Waals surface area contributed by atoms with Gasteiger partial charge in [-0.2, -0.15) is 0 Å². The van der Waals surface area contributed by atoms with Gasteiger partial charge in [0.05, 0.1) is 11.9 Å². The van der Waals surface area contributed by atoms with Crippen molar-refractivity contribution in [3.05, 3.63) is 47.8 Å². The van der Waals surface area contributed by atoms with E-state index in [1.165, 1.54) is 11.0 Å². The Labute approximate surface area is 151 Å². The number of rotatable bonds is 3. The van der Waals surface area contributed by atoms with Crippen molar-refractivity contribution in [2.75, 3.05) is 11.4 Å². The van der Waals surface area contributed by atoms with Crippen LogP contribution in [0.1, 0.15) is 42.0 Å². The zero-order chi connectivity index (χ0) is 18.1. The number of para-hydroxylation sites is 1. The summed E-state index contributed by atoms with van der Waals surface area (Å²) in [6.07, 6.45) is 5.81. The van der Waals surface area contributed by atoms with E-state index in [9.17, 15) is 14.0 Å². The van der Waals surface area contributed by atoms with E-state index >= 15 is 0 Å². The zero-order valence-electron chi connectivity index (χ0n) is 14.4. The molecule has 1 aromatic heterocycles. The Kier molecular flexibility index (Phi) is 4.44. The molecule has 0 spiro atoms. The molecule has 3 heterocycles. The van der Waals surface area contributed by atoms with Gasteiger partial charge < -0.3 is 14.8 Å². The number of hydrogen-bond acceptors (Lipinski definition) is 3. The van der Waals surface area contributed by atoms with Gasteiger partial charge in [-0.3, -0.25) is 9.59 Å². The van der Waals surface area contributed by atoms with Crippen molar-refractivity contribution in [1.82, 2.24) is 14.9 Å². The van der Waals surface area contributed by atoms with E-state index in [0.29, 0.717) is 25.1 Å². The number of fused-ring (bicyclic) bond motifs is 1. The monoisotopic (exact) mass is 356 g/mol. The number of amides is 2. The lowest BCUT2D eigenvalue weighted by Crippen LogP contribution is -2.53.